The highest BCUT2D eigenvalue weighted by Gasteiger charge is 2.04. The highest BCUT2D eigenvalue weighted by Crippen LogP contribution is 1.86. The molecule has 0 aliphatic carbocycles. The summed E-state index contributed by atoms with van der Waals surface area (Å²) in [5.74, 6) is -0.520. The number of aliphatic hydroxyl groups excluding tert-OH is 2. The second-order valence-electron chi connectivity index (χ2n) is 1.68. The molecule has 0 aromatic rings. The van der Waals surface area contributed by atoms with Gasteiger partial charge in [0.15, 0.2) is 0 Å². The van der Waals surface area contributed by atoms with E-state index < -0.39 is 18.7 Å². The van der Waals surface area contributed by atoms with E-state index in [0.29, 0.717) is 0 Å². The van der Waals surface area contributed by atoms with Crippen molar-refractivity contribution >= 4 is 18.6 Å². The minimum Gasteiger partial charge on any atom is -0.462 e. The molecule has 0 fully saturated rings. The minimum absolute atomic E-state index is 0. The summed E-state index contributed by atoms with van der Waals surface area (Å²) in [6.07, 6.45) is -0.983. The summed E-state index contributed by atoms with van der Waals surface area (Å²) in [7, 11) is 0. The van der Waals surface area contributed by atoms with Gasteiger partial charge in [0.1, 0.15) is 12.7 Å². The monoisotopic (exact) mass is 183 g/mol. The lowest BCUT2D eigenvalue weighted by molar-refractivity contribution is -0.144. The number of carbonyl (C=O) groups is 1. The molecule has 1 atom stereocenters. The first-order valence-electron chi connectivity index (χ1n) is 2.76. The molecule has 0 aromatic heterocycles. The summed E-state index contributed by atoms with van der Waals surface area (Å²) in [5.41, 5.74) is 0. The quantitative estimate of drug-likeness (QED) is 0.330. The summed E-state index contributed by atoms with van der Waals surface area (Å²) in [5, 5.41) is 16.9. The fourth-order valence-corrected chi connectivity index (χ4v) is 0.379. The average Bonchev–Trinajstić information content (AvgIpc) is 1.99. The summed E-state index contributed by atoms with van der Waals surface area (Å²) in [6.45, 7) is -0.574. The minimum atomic E-state index is -0.983. The molecule has 0 aliphatic heterocycles. The summed E-state index contributed by atoms with van der Waals surface area (Å²) >= 11 is 3.63. The third-order valence-electron chi connectivity index (χ3n) is 0.777. The van der Waals surface area contributed by atoms with Crippen LogP contribution in [0.1, 0.15) is 0 Å². The van der Waals surface area contributed by atoms with Crippen molar-refractivity contribution in [1.29, 1.82) is 0 Å². The van der Waals surface area contributed by atoms with Crippen LogP contribution < -0.4 is 6.15 Å². The molecule has 0 amide bonds. The van der Waals surface area contributed by atoms with E-state index in [1.807, 2.05) is 0 Å². The molecule has 0 spiro atoms. The number of hydrogen-bond donors (Lipinski definition) is 4. The SMILES string of the molecule is N.O=C(CS)OCC(O)CO. The van der Waals surface area contributed by atoms with Gasteiger partial charge in [0.2, 0.25) is 0 Å². The number of hydrogen-bond acceptors (Lipinski definition) is 6. The zero-order valence-electron chi connectivity index (χ0n) is 6.06. The number of rotatable bonds is 4. The Balaban J connectivity index is 0. The maximum atomic E-state index is 10.3. The molecule has 5 N–H and O–H groups in total. The molecule has 1 unspecified atom stereocenters. The van der Waals surface area contributed by atoms with E-state index in [1.54, 1.807) is 0 Å². The van der Waals surface area contributed by atoms with Gasteiger partial charge < -0.3 is 21.1 Å². The molecule has 0 rings (SSSR count). The molecule has 0 heterocycles. The van der Waals surface area contributed by atoms with Gasteiger partial charge in [0.25, 0.3) is 0 Å². The predicted octanol–water partition coefficient (Wildman–Crippen LogP) is -1.03. The normalized spacial score (nSPS) is 11.5. The Bertz CT molecular complexity index is 111. The van der Waals surface area contributed by atoms with Crippen molar-refractivity contribution < 1.29 is 19.7 Å². The third kappa shape index (κ3) is 7.60. The van der Waals surface area contributed by atoms with Gasteiger partial charge in [-0.15, -0.1) is 0 Å². The first kappa shape index (κ1) is 13.3. The molecule has 0 saturated carbocycles. The molecule has 6 heteroatoms. The van der Waals surface area contributed by atoms with E-state index in [9.17, 15) is 4.79 Å². The van der Waals surface area contributed by atoms with E-state index >= 15 is 0 Å². The Labute approximate surface area is 70.4 Å². The highest BCUT2D eigenvalue weighted by molar-refractivity contribution is 7.81. The molecule has 0 aromatic carbocycles. The summed E-state index contributed by atoms with van der Waals surface area (Å²) < 4.78 is 4.42. The fraction of sp³-hybridized carbons (Fsp3) is 0.800. The standard InChI is InChI=1S/C5H10O4S.H3N/c6-1-4(7)2-9-5(8)3-10;/h4,6-7,10H,1-3H2;1H3. The predicted molar refractivity (Wildman–Crippen MR) is 42.9 cm³/mol. The number of esters is 1. The Morgan fingerprint density at radius 2 is 2.18 bits per heavy atom. The molecule has 0 bridgehead atoms. The van der Waals surface area contributed by atoms with Gasteiger partial charge in [-0.25, -0.2) is 0 Å². The first-order chi connectivity index (χ1) is 4.70. The zero-order valence-corrected chi connectivity index (χ0v) is 6.96. The number of ether oxygens (including phenoxy) is 1. The van der Waals surface area contributed by atoms with Crippen LogP contribution in [0.25, 0.3) is 0 Å². The Morgan fingerprint density at radius 1 is 1.64 bits per heavy atom. The molecule has 0 radical (unpaired) electrons. The van der Waals surface area contributed by atoms with Gasteiger partial charge in [-0.05, 0) is 0 Å². The van der Waals surface area contributed by atoms with Crippen molar-refractivity contribution in [1.82, 2.24) is 6.15 Å². The first-order valence-corrected chi connectivity index (χ1v) is 3.39. The fourth-order valence-electron chi connectivity index (χ4n) is 0.287. The third-order valence-corrected chi connectivity index (χ3v) is 1.03. The Kier molecular flexibility index (Phi) is 9.44. The van der Waals surface area contributed by atoms with E-state index in [0.717, 1.165) is 0 Å². The number of thiol groups is 1. The van der Waals surface area contributed by atoms with Crippen molar-refractivity contribution in [2.45, 2.75) is 6.10 Å². The van der Waals surface area contributed by atoms with E-state index in [2.05, 4.69) is 17.4 Å². The van der Waals surface area contributed by atoms with Crippen LogP contribution in [0.4, 0.5) is 0 Å². The Morgan fingerprint density at radius 3 is 2.55 bits per heavy atom. The van der Waals surface area contributed by atoms with E-state index in [1.165, 1.54) is 0 Å². The van der Waals surface area contributed by atoms with Crippen molar-refractivity contribution in [2.75, 3.05) is 19.0 Å². The van der Waals surface area contributed by atoms with Crippen LogP contribution in [0, 0.1) is 0 Å². The lowest BCUT2D eigenvalue weighted by atomic mass is 10.4. The van der Waals surface area contributed by atoms with Crippen LogP contribution in [0.2, 0.25) is 0 Å². The van der Waals surface area contributed by atoms with Gasteiger partial charge >= 0.3 is 5.97 Å². The smallest absolute Gasteiger partial charge is 0.315 e. The van der Waals surface area contributed by atoms with Crippen molar-refractivity contribution in [3.8, 4) is 0 Å². The van der Waals surface area contributed by atoms with Crippen LogP contribution in [-0.2, 0) is 9.53 Å². The van der Waals surface area contributed by atoms with Crippen LogP contribution >= 0.6 is 12.6 Å². The van der Waals surface area contributed by atoms with Crippen molar-refractivity contribution in [2.24, 2.45) is 0 Å². The van der Waals surface area contributed by atoms with Crippen molar-refractivity contribution in [3.05, 3.63) is 0 Å². The molecule has 0 saturated heterocycles. The summed E-state index contributed by atoms with van der Waals surface area (Å²) in [4.78, 5) is 10.3. The summed E-state index contributed by atoms with van der Waals surface area (Å²) in [6, 6.07) is 0. The van der Waals surface area contributed by atoms with Crippen molar-refractivity contribution in [3.63, 3.8) is 0 Å². The lowest BCUT2D eigenvalue weighted by Gasteiger charge is -2.06. The lowest BCUT2D eigenvalue weighted by Crippen LogP contribution is -2.22. The molecular formula is C5H13NO4S. The highest BCUT2D eigenvalue weighted by atomic mass is 32.1. The number of carbonyl (C=O) groups excluding carboxylic acids is 1. The van der Waals surface area contributed by atoms with Crippen LogP contribution in [-0.4, -0.2) is 41.3 Å². The second-order valence-corrected chi connectivity index (χ2v) is 1.99. The van der Waals surface area contributed by atoms with Gasteiger partial charge in [-0.3, -0.25) is 4.79 Å². The zero-order chi connectivity index (χ0) is 7.98. The van der Waals surface area contributed by atoms with Gasteiger partial charge in [-0.1, -0.05) is 0 Å². The van der Waals surface area contributed by atoms with E-state index in [4.69, 9.17) is 10.2 Å². The second kappa shape index (κ2) is 7.80. The largest absolute Gasteiger partial charge is 0.462 e. The molecule has 68 valence electrons. The van der Waals surface area contributed by atoms with E-state index in [-0.39, 0.29) is 18.5 Å². The van der Waals surface area contributed by atoms with Gasteiger partial charge in [0.05, 0.1) is 12.4 Å². The van der Waals surface area contributed by atoms with Crippen LogP contribution in [0.3, 0.4) is 0 Å². The molecule has 11 heavy (non-hydrogen) atoms. The molecule has 0 aliphatic rings. The Hall–Kier alpha value is -0.300. The average molecular weight is 183 g/mol. The van der Waals surface area contributed by atoms with Crippen LogP contribution in [0.15, 0.2) is 0 Å². The molecule has 5 nitrogen and oxygen atoms in total. The molecular weight excluding hydrogens is 170 g/mol. The topological polar surface area (TPSA) is 102 Å². The maximum absolute atomic E-state index is 10.3. The maximum Gasteiger partial charge on any atom is 0.315 e. The van der Waals surface area contributed by atoms with Gasteiger partial charge in [-0.2, -0.15) is 12.6 Å². The van der Waals surface area contributed by atoms with Crippen LogP contribution in [0.5, 0.6) is 0 Å². The number of aliphatic hydroxyl groups is 2. The van der Waals surface area contributed by atoms with Gasteiger partial charge in [0, 0.05) is 0 Å².